The van der Waals surface area contributed by atoms with Crippen LogP contribution in [-0.2, 0) is 17.5 Å². The van der Waals surface area contributed by atoms with Crippen LogP contribution in [0.15, 0.2) is 42.5 Å². The first-order valence-electron chi connectivity index (χ1n) is 8.09. The molecule has 0 saturated heterocycles. The van der Waals surface area contributed by atoms with Crippen molar-refractivity contribution >= 4 is 11.6 Å². The second-order valence-electron chi connectivity index (χ2n) is 5.97. The van der Waals surface area contributed by atoms with Gasteiger partial charge in [-0.1, -0.05) is 6.07 Å². The van der Waals surface area contributed by atoms with Gasteiger partial charge in [-0.05, 0) is 37.4 Å². The van der Waals surface area contributed by atoms with Crippen LogP contribution in [0.2, 0.25) is 0 Å². The number of halogens is 3. The molecular formula is C19H21F3N2O3. The number of nitrogens with zero attached hydrogens (tertiary/aromatic N) is 1. The summed E-state index contributed by atoms with van der Waals surface area (Å²) in [5.74, 6) is 0.979. The minimum absolute atomic E-state index is 0.0657. The number of amides is 1. The van der Waals surface area contributed by atoms with Crippen LogP contribution in [0.5, 0.6) is 11.5 Å². The van der Waals surface area contributed by atoms with E-state index in [1.165, 1.54) is 12.1 Å². The van der Waals surface area contributed by atoms with E-state index >= 15 is 0 Å². The van der Waals surface area contributed by atoms with Gasteiger partial charge in [0.1, 0.15) is 11.5 Å². The van der Waals surface area contributed by atoms with Gasteiger partial charge in [-0.25, -0.2) is 0 Å². The van der Waals surface area contributed by atoms with E-state index in [1.54, 1.807) is 38.3 Å². The Hall–Kier alpha value is -2.74. The average molecular weight is 382 g/mol. The van der Waals surface area contributed by atoms with Gasteiger partial charge >= 0.3 is 6.18 Å². The maximum absolute atomic E-state index is 12.6. The fourth-order valence-corrected chi connectivity index (χ4v) is 2.52. The number of benzene rings is 2. The molecule has 146 valence electrons. The predicted molar refractivity (Wildman–Crippen MR) is 96.0 cm³/mol. The second kappa shape index (κ2) is 8.77. The van der Waals surface area contributed by atoms with Crippen molar-refractivity contribution in [3.05, 3.63) is 53.6 Å². The van der Waals surface area contributed by atoms with Crippen LogP contribution >= 0.6 is 0 Å². The number of likely N-dealkylation sites (N-methyl/N-ethyl adjacent to an activating group) is 1. The van der Waals surface area contributed by atoms with Crippen LogP contribution in [0.1, 0.15) is 11.1 Å². The van der Waals surface area contributed by atoms with Crippen LogP contribution in [0.4, 0.5) is 18.9 Å². The number of ether oxygens (including phenoxy) is 2. The Kier molecular flexibility index (Phi) is 6.68. The second-order valence-corrected chi connectivity index (χ2v) is 5.97. The van der Waals surface area contributed by atoms with Crippen LogP contribution in [0.3, 0.4) is 0 Å². The Morgan fingerprint density at radius 1 is 1.07 bits per heavy atom. The quantitative estimate of drug-likeness (QED) is 0.792. The van der Waals surface area contributed by atoms with Crippen molar-refractivity contribution in [3.63, 3.8) is 0 Å². The van der Waals surface area contributed by atoms with Crippen molar-refractivity contribution in [2.24, 2.45) is 0 Å². The number of rotatable bonds is 7. The lowest BCUT2D eigenvalue weighted by Crippen LogP contribution is -2.30. The zero-order valence-electron chi connectivity index (χ0n) is 15.3. The number of carbonyl (C=O) groups is 1. The van der Waals surface area contributed by atoms with Gasteiger partial charge < -0.3 is 14.8 Å². The Morgan fingerprint density at radius 2 is 1.74 bits per heavy atom. The zero-order chi connectivity index (χ0) is 20.0. The molecule has 27 heavy (non-hydrogen) atoms. The van der Waals surface area contributed by atoms with Gasteiger partial charge in [0.25, 0.3) is 0 Å². The summed E-state index contributed by atoms with van der Waals surface area (Å²) in [6, 6.07) is 9.73. The summed E-state index contributed by atoms with van der Waals surface area (Å²) in [6.07, 6.45) is -4.40. The fourth-order valence-electron chi connectivity index (χ4n) is 2.52. The molecule has 0 aliphatic rings. The Morgan fingerprint density at radius 3 is 2.30 bits per heavy atom. The molecule has 0 aliphatic carbocycles. The summed E-state index contributed by atoms with van der Waals surface area (Å²) in [5, 5.41) is 2.58. The molecule has 0 bridgehead atoms. The molecule has 0 heterocycles. The van der Waals surface area contributed by atoms with Crippen molar-refractivity contribution in [3.8, 4) is 11.5 Å². The Balaban J connectivity index is 1.94. The van der Waals surface area contributed by atoms with Crippen molar-refractivity contribution in [2.45, 2.75) is 12.7 Å². The Bertz CT molecular complexity index is 777. The number of carbonyl (C=O) groups excluding carboxylic acids is 1. The predicted octanol–water partition coefficient (Wildman–Crippen LogP) is 3.79. The molecule has 0 aromatic heterocycles. The van der Waals surface area contributed by atoms with Crippen molar-refractivity contribution < 1.29 is 27.4 Å². The van der Waals surface area contributed by atoms with Crippen molar-refractivity contribution in [1.82, 2.24) is 4.90 Å². The molecule has 2 aromatic carbocycles. The molecule has 0 unspecified atom stereocenters. The number of hydrogen-bond acceptors (Lipinski definition) is 4. The first-order valence-corrected chi connectivity index (χ1v) is 8.09. The topological polar surface area (TPSA) is 50.8 Å². The lowest BCUT2D eigenvalue weighted by Gasteiger charge is -2.18. The third-order valence-corrected chi connectivity index (χ3v) is 3.84. The summed E-state index contributed by atoms with van der Waals surface area (Å²) in [6.45, 7) is 0.518. The average Bonchev–Trinajstić information content (AvgIpc) is 2.61. The molecule has 1 N–H and O–H groups in total. The van der Waals surface area contributed by atoms with E-state index in [1.807, 2.05) is 6.07 Å². The molecular weight excluding hydrogens is 361 g/mol. The molecule has 0 aliphatic heterocycles. The van der Waals surface area contributed by atoms with E-state index in [2.05, 4.69) is 5.32 Å². The number of nitrogens with one attached hydrogen (secondary N) is 1. The highest BCUT2D eigenvalue weighted by molar-refractivity contribution is 5.92. The molecule has 8 heteroatoms. The first-order chi connectivity index (χ1) is 12.7. The van der Waals surface area contributed by atoms with Gasteiger partial charge in [-0.3, -0.25) is 9.69 Å². The van der Waals surface area contributed by atoms with Gasteiger partial charge in [-0.15, -0.1) is 0 Å². The molecule has 0 radical (unpaired) electrons. The maximum Gasteiger partial charge on any atom is 0.416 e. The summed E-state index contributed by atoms with van der Waals surface area (Å²) in [7, 11) is 4.87. The molecule has 5 nitrogen and oxygen atoms in total. The normalized spacial score (nSPS) is 11.4. The molecule has 2 rings (SSSR count). The highest BCUT2D eigenvalue weighted by atomic mass is 19.4. The smallest absolute Gasteiger partial charge is 0.416 e. The highest BCUT2D eigenvalue weighted by Crippen LogP contribution is 2.30. The lowest BCUT2D eigenvalue weighted by molar-refractivity contribution is -0.137. The summed E-state index contributed by atoms with van der Waals surface area (Å²) < 4.78 is 48.2. The number of alkyl halides is 3. The Labute approximate surface area is 155 Å². The van der Waals surface area contributed by atoms with E-state index in [9.17, 15) is 18.0 Å². The molecule has 0 spiro atoms. The van der Waals surface area contributed by atoms with Gasteiger partial charge in [0.15, 0.2) is 0 Å². The van der Waals surface area contributed by atoms with E-state index < -0.39 is 11.7 Å². The fraction of sp³-hybridized carbons (Fsp3) is 0.316. The summed E-state index contributed by atoms with van der Waals surface area (Å²) in [4.78, 5) is 13.9. The van der Waals surface area contributed by atoms with Crippen LogP contribution < -0.4 is 14.8 Å². The van der Waals surface area contributed by atoms with Crippen molar-refractivity contribution in [1.29, 1.82) is 0 Å². The van der Waals surface area contributed by atoms with E-state index in [4.69, 9.17) is 9.47 Å². The highest BCUT2D eigenvalue weighted by Gasteiger charge is 2.30. The number of hydrogen-bond donors (Lipinski definition) is 1. The zero-order valence-corrected chi connectivity index (χ0v) is 15.3. The van der Waals surface area contributed by atoms with Gasteiger partial charge in [0.2, 0.25) is 5.91 Å². The van der Waals surface area contributed by atoms with Gasteiger partial charge in [-0.2, -0.15) is 13.2 Å². The number of anilines is 1. The van der Waals surface area contributed by atoms with E-state index in [0.29, 0.717) is 23.7 Å². The minimum Gasteiger partial charge on any atom is -0.497 e. The molecule has 0 atom stereocenters. The van der Waals surface area contributed by atoms with Crippen LogP contribution in [-0.4, -0.2) is 38.6 Å². The molecule has 1 amide bonds. The van der Waals surface area contributed by atoms with Gasteiger partial charge in [0, 0.05) is 23.9 Å². The standard InChI is InChI=1S/C19H21F3N2O3/c1-24(11-13-4-9-16(26-2)10-17(13)27-3)12-18(25)23-15-7-5-14(6-8-15)19(20,21)22/h4-10H,11-12H2,1-3H3,(H,23,25). The largest absolute Gasteiger partial charge is 0.497 e. The van der Waals surface area contributed by atoms with Crippen LogP contribution in [0.25, 0.3) is 0 Å². The summed E-state index contributed by atoms with van der Waals surface area (Å²) >= 11 is 0. The monoisotopic (exact) mass is 382 g/mol. The molecule has 2 aromatic rings. The third kappa shape index (κ3) is 5.89. The third-order valence-electron chi connectivity index (χ3n) is 3.84. The van der Waals surface area contributed by atoms with E-state index in [-0.39, 0.29) is 12.5 Å². The molecule has 0 fully saturated rings. The maximum atomic E-state index is 12.6. The molecule has 0 saturated carbocycles. The minimum atomic E-state index is -4.40. The summed E-state index contributed by atoms with van der Waals surface area (Å²) in [5.41, 5.74) is 0.427. The lowest BCUT2D eigenvalue weighted by atomic mass is 10.1. The van der Waals surface area contributed by atoms with Gasteiger partial charge in [0.05, 0.1) is 26.3 Å². The van der Waals surface area contributed by atoms with E-state index in [0.717, 1.165) is 17.7 Å². The van der Waals surface area contributed by atoms with Crippen LogP contribution in [0, 0.1) is 0 Å². The number of methoxy groups -OCH3 is 2. The van der Waals surface area contributed by atoms with Crippen molar-refractivity contribution in [2.75, 3.05) is 33.1 Å². The first kappa shape index (κ1) is 20.6. The SMILES string of the molecule is COc1ccc(CN(C)CC(=O)Nc2ccc(C(F)(F)F)cc2)c(OC)c1.